The largest absolute Gasteiger partial charge is 0.289 e. The van der Waals surface area contributed by atoms with Crippen molar-refractivity contribution in [2.45, 2.75) is 0 Å². The second-order valence-electron chi connectivity index (χ2n) is 3.07. The number of fused-ring (bicyclic) bond motifs is 1. The lowest BCUT2D eigenvalue weighted by atomic mass is 10.2. The zero-order chi connectivity index (χ0) is 11.2. The summed E-state index contributed by atoms with van der Waals surface area (Å²) in [5.41, 5.74) is 1.06. The van der Waals surface area contributed by atoms with E-state index in [0.29, 0.717) is 0 Å². The fraction of sp³-hybridized carbons (Fsp3) is 0. The lowest BCUT2D eigenvalue weighted by Crippen LogP contribution is -1.74. The second kappa shape index (κ2) is 4.93. The highest BCUT2D eigenvalue weighted by molar-refractivity contribution is 5.89. The van der Waals surface area contributed by atoms with Crippen LogP contribution in [0.15, 0.2) is 65.1 Å². The maximum atomic E-state index is 9.90. The summed E-state index contributed by atoms with van der Waals surface area (Å²) in [6, 6.07) is 12.1. The molecule has 0 unspecified atom stereocenters. The lowest BCUT2D eigenvalue weighted by molar-refractivity contribution is -0.113. The number of carbonyl (C=O) groups excluding carboxylic acids is 1. The first-order chi connectivity index (χ1) is 7.86. The van der Waals surface area contributed by atoms with E-state index in [1.165, 1.54) is 17.7 Å². The molecule has 78 valence electrons. The lowest BCUT2D eigenvalue weighted by Gasteiger charge is -1.91. The number of hydrogen-bond acceptors (Lipinski definition) is 3. The molecule has 0 aliphatic carbocycles. The quantitative estimate of drug-likeness (QED) is 0.672. The minimum Gasteiger partial charge on any atom is -0.266 e. The van der Waals surface area contributed by atoms with Gasteiger partial charge in [-0.2, -0.15) is 5.11 Å². The van der Waals surface area contributed by atoms with Crippen LogP contribution in [0.5, 0.6) is 0 Å². The Balaban J connectivity index is 0.000000138. The van der Waals surface area contributed by atoms with Crippen molar-refractivity contribution in [3.63, 3.8) is 0 Å². The fourth-order valence-corrected chi connectivity index (χ4v) is 1.24. The molecule has 0 radical (unpaired) electrons. The molecule has 1 amide bonds. The average Bonchev–Trinajstić information content (AvgIpc) is 2.81. The van der Waals surface area contributed by atoms with Gasteiger partial charge in [0.25, 0.3) is 5.91 Å². The molecule has 0 atom stereocenters. The number of amides is 1. The molecular weight excluding hydrogens is 202 g/mol. The molecule has 0 saturated heterocycles. The van der Waals surface area contributed by atoms with E-state index < -0.39 is 0 Å². The zero-order valence-corrected chi connectivity index (χ0v) is 8.45. The van der Waals surface area contributed by atoms with E-state index in [-0.39, 0.29) is 5.91 Å². The molecule has 1 aliphatic rings. The van der Waals surface area contributed by atoms with Crippen molar-refractivity contribution in [1.29, 1.82) is 0 Å². The Morgan fingerprint density at radius 1 is 1.00 bits per heavy atom. The number of azo groups is 1. The molecule has 16 heavy (non-hydrogen) atoms. The Kier molecular flexibility index (Phi) is 3.13. The van der Waals surface area contributed by atoms with Crippen LogP contribution in [0.3, 0.4) is 0 Å². The van der Waals surface area contributed by atoms with Crippen LogP contribution >= 0.6 is 0 Å². The minimum absolute atomic E-state index is 0.269. The van der Waals surface area contributed by atoms with Crippen LogP contribution in [-0.2, 0) is 4.79 Å². The van der Waals surface area contributed by atoms with Crippen molar-refractivity contribution in [2.75, 3.05) is 0 Å². The highest BCUT2D eigenvalue weighted by atomic mass is 16.1. The summed E-state index contributed by atoms with van der Waals surface area (Å²) >= 11 is 0. The van der Waals surface area contributed by atoms with E-state index in [1.54, 1.807) is 0 Å². The Hall–Kier alpha value is -2.36. The van der Waals surface area contributed by atoms with Crippen molar-refractivity contribution >= 4 is 16.8 Å². The smallest absolute Gasteiger partial charge is 0.266 e. The standard InChI is InChI=1S/C9H7N.C3H2N2O/c1-2-6-9-8(4-1)5-3-7-10-9;6-3-1-2-4-5-3/h1-7H;1-2H. The van der Waals surface area contributed by atoms with Gasteiger partial charge < -0.3 is 0 Å². The molecule has 0 saturated carbocycles. The van der Waals surface area contributed by atoms with Gasteiger partial charge in [0.2, 0.25) is 0 Å². The number of hydrogen-bond donors (Lipinski definition) is 0. The van der Waals surface area contributed by atoms with Gasteiger partial charge in [0.1, 0.15) is 0 Å². The fourth-order valence-electron chi connectivity index (χ4n) is 1.24. The molecule has 1 aliphatic heterocycles. The summed E-state index contributed by atoms with van der Waals surface area (Å²) in [4.78, 5) is 14.1. The third-order valence-corrected chi connectivity index (χ3v) is 1.95. The number of benzene rings is 1. The van der Waals surface area contributed by atoms with Crippen molar-refractivity contribution in [2.24, 2.45) is 10.2 Å². The predicted molar refractivity (Wildman–Crippen MR) is 60.7 cm³/mol. The van der Waals surface area contributed by atoms with E-state index in [2.05, 4.69) is 27.3 Å². The molecule has 4 heteroatoms. The summed E-state index contributed by atoms with van der Waals surface area (Å²) in [5, 5.41) is 7.57. The normalized spacial score (nSPS) is 12.6. The van der Waals surface area contributed by atoms with E-state index in [4.69, 9.17) is 0 Å². The van der Waals surface area contributed by atoms with Gasteiger partial charge in [-0.05, 0) is 12.1 Å². The van der Waals surface area contributed by atoms with E-state index in [1.807, 2.05) is 30.5 Å². The maximum absolute atomic E-state index is 9.90. The molecule has 1 aromatic carbocycles. The number of rotatable bonds is 0. The van der Waals surface area contributed by atoms with Crippen LogP contribution in [-0.4, -0.2) is 10.9 Å². The van der Waals surface area contributed by atoms with Crippen LogP contribution in [0.25, 0.3) is 10.9 Å². The van der Waals surface area contributed by atoms with E-state index in [0.717, 1.165) is 5.52 Å². The molecule has 2 aromatic rings. The molecule has 1 aromatic heterocycles. The minimum atomic E-state index is -0.269. The summed E-state index contributed by atoms with van der Waals surface area (Å²) in [6.45, 7) is 0. The summed E-state index contributed by atoms with van der Waals surface area (Å²) < 4.78 is 0. The average molecular weight is 211 g/mol. The molecule has 0 spiro atoms. The number of nitrogens with zero attached hydrogens (tertiary/aromatic N) is 3. The first kappa shape index (κ1) is 10.2. The second-order valence-corrected chi connectivity index (χ2v) is 3.07. The van der Waals surface area contributed by atoms with Gasteiger partial charge in [0.05, 0.1) is 11.7 Å². The topological polar surface area (TPSA) is 54.7 Å². The Morgan fingerprint density at radius 2 is 1.81 bits per heavy atom. The van der Waals surface area contributed by atoms with Gasteiger partial charge >= 0.3 is 0 Å². The first-order valence-corrected chi connectivity index (χ1v) is 4.77. The van der Waals surface area contributed by atoms with Crippen LogP contribution < -0.4 is 0 Å². The Bertz CT molecular complexity index is 481. The molecule has 4 nitrogen and oxygen atoms in total. The van der Waals surface area contributed by atoms with Gasteiger partial charge in [-0.1, -0.05) is 24.3 Å². The van der Waals surface area contributed by atoms with Crippen molar-refractivity contribution < 1.29 is 4.79 Å². The predicted octanol–water partition coefficient (Wildman–Crippen LogP) is 2.73. The maximum Gasteiger partial charge on any atom is 0.289 e. The number of carbonyl (C=O) groups is 1. The van der Waals surface area contributed by atoms with Crippen molar-refractivity contribution in [3.05, 3.63) is 54.9 Å². The zero-order valence-electron chi connectivity index (χ0n) is 8.45. The number of pyridine rings is 1. The Morgan fingerprint density at radius 3 is 2.44 bits per heavy atom. The number of para-hydroxylation sites is 1. The van der Waals surface area contributed by atoms with Crippen LogP contribution in [0, 0.1) is 0 Å². The van der Waals surface area contributed by atoms with E-state index in [9.17, 15) is 4.79 Å². The van der Waals surface area contributed by atoms with Crippen molar-refractivity contribution in [3.8, 4) is 0 Å². The van der Waals surface area contributed by atoms with Crippen LogP contribution in [0.2, 0.25) is 0 Å². The van der Waals surface area contributed by atoms with Gasteiger partial charge in [0, 0.05) is 17.7 Å². The van der Waals surface area contributed by atoms with Gasteiger partial charge in [-0.25, -0.2) is 0 Å². The third kappa shape index (κ3) is 2.57. The monoisotopic (exact) mass is 211 g/mol. The SMILES string of the molecule is O=C1C=CN=N1.c1ccc2ncccc2c1. The molecule has 0 N–H and O–H groups in total. The van der Waals surface area contributed by atoms with Gasteiger partial charge in [-0.15, -0.1) is 5.11 Å². The molecule has 3 rings (SSSR count). The Labute approximate surface area is 92.3 Å². The van der Waals surface area contributed by atoms with Gasteiger partial charge in [-0.3, -0.25) is 9.78 Å². The highest BCUT2D eigenvalue weighted by Crippen LogP contribution is 2.07. The third-order valence-electron chi connectivity index (χ3n) is 1.95. The first-order valence-electron chi connectivity index (χ1n) is 4.77. The summed E-state index contributed by atoms with van der Waals surface area (Å²) in [6.07, 6.45) is 4.48. The van der Waals surface area contributed by atoms with Crippen LogP contribution in [0.4, 0.5) is 0 Å². The molecule has 2 heterocycles. The molecule has 0 bridgehead atoms. The summed E-state index contributed by atoms with van der Waals surface area (Å²) in [5.74, 6) is -0.269. The summed E-state index contributed by atoms with van der Waals surface area (Å²) in [7, 11) is 0. The van der Waals surface area contributed by atoms with Crippen LogP contribution in [0.1, 0.15) is 0 Å². The van der Waals surface area contributed by atoms with E-state index >= 15 is 0 Å². The highest BCUT2D eigenvalue weighted by Gasteiger charge is 1.92. The number of aromatic nitrogens is 1. The molecular formula is C12H9N3O. The molecule has 0 fully saturated rings. The van der Waals surface area contributed by atoms with Gasteiger partial charge in [0.15, 0.2) is 0 Å². The van der Waals surface area contributed by atoms with Crippen molar-refractivity contribution in [1.82, 2.24) is 4.98 Å².